The number of nitrogens with two attached hydrogens (primary N) is 1. The van der Waals surface area contributed by atoms with Crippen molar-refractivity contribution < 1.29 is 14.3 Å². The lowest BCUT2D eigenvalue weighted by Crippen LogP contribution is -2.33. The first kappa shape index (κ1) is 26.2. The van der Waals surface area contributed by atoms with E-state index in [-0.39, 0.29) is 52.7 Å². The predicted octanol–water partition coefficient (Wildman–Crippen LogP) is 3.75. The molecule has 12 heteroatoms. The fourth-order valence-electron chi connectivity index (χ4n) is 3.31. The zero-order chi connectivity index (χ0) is 24.2. The first-order chi connectivity index (χ1) is 16.4. The van der Waals surface area contributed by atoms with Gasteiger partial charge in [0.15, 0.2) is 0 Å². The van der Waals surface area contributed by atoms with Gasteiger partial charge in [-0.25, -0.2) is 4.98 Å². The molecule has 0 bridgehead atoms. The molecule has 3 heterocycles. The Morgan fingerprint density at radius 3 is 2.71 bits per heavy atom. The number of H-pyrrole nitrogens is 1. The standard InChI is InChI=1S/C23H20ClN5O4S.ClH/c1-33-20-8-17-14(10-26-20)6-15(22(31)27-17)23(32)28-18-7-12(2-3-16(18)24)21(30)29-19(9-25)13-4-5-34-11-13;/h2-8,10-11,19H,9,25H2,1H3,(H,27,31)(H,28,32)(H,29,30);1H. The van der Waals surface area contributed by atoms with E-state index < -0.39 is 11.5 Å². The molecule has 35 heavy (non-hydrogen) atoms. The van der Waals surface area contributed by atoms with E-state index in [9.17, 15) is 14.4 Å². The van der Waals surface area contributed by atoms with Gasteiger partial charge in [0.2, 0.25) is 5.88 Å². The molecule has 3 aromatic heterocycles. The molecule has 1 unspecified atom stereocenters. The maximum atomic E-state index is 12.9. The van der Waals surface area contributed by atoms with Crippen LogP contribution in [0.3, 0.4) is 0 Å². The SMILES string of the molecule is COc1cc2[nH]c(=O)c(C(=O)Nc3cc(C(=O)NC(CN)c4ccsc4)ccc3Cl)cc2cn1.Cl. The van der Waals surface area contributed by atoms with Gasteiger partial charge in [-0.15, -0.1) is 12.4 Å². The number of ether oxygens (including phenoxy) is 1. The average Bonchev–Trinajstić information content (AvgIpc) is 3.37. The highest BCUT2D eigenvalue weighted by atomic mass is 35.5. The van der Waals surface area contributed by atoms with Gasteiger partial charge in [-0.2, -0.15) is 11.3 Å². The summed E-state index contributed by atoms with van der Waals surface area (Å²) in [4.78, 5) is 44.9. The number of halogens is 2. The number of anilines is 1. The van der Waals surface area contributed by atoms with Gasteiger partial charge in [-0.05, 0) is 46.7 Å². The van der Waals surface area contributed by atoms with Crippen LogP contribution in [0, 0.1) is 0 Å². The van der Waals surface area contributed by atoms with Crippen LogP contribution in [0.4, 0.5) is 5.69 Å². The first-order valence-corrected chi connectivity index (χ1v) is 11.4. The van der Waals surface area contributed by atoms with Crippen molar-refractivity contribution in [2.45, 2.75) is 6.04 Å². The van der Waals surface area contributed by atoms with Crippen molar-refractivity contribution in [2.75, 3.05) is 19.0 Å². The second kappa shape index (κ2) is 11.3. The lowest BCUT2D eigenvalue weighted by Gasteiger charge is -2.16. The lowest BCUT2D eigenvalue weighted by molar-refractivity contribution is 0.0936. The number of nitrogens with one attached hydrogen (secondary N) is 3. The number of pyridine rings is 2. The molecule has 4 rings (SSSR count). The number of amides is 2. The van der Waals surface area contributed by atoms with Crippen molar-refractivity contribution in [2.24, 2.45) is 5.73 Å². The molecule has 0 aliphatic heterocycles. The molecular formula is C23H21Cl2N5O4S. The number of carbonyl (C=O) groups is 2. The van der Waals surface area contributed by atoms with Crippen molar-refractivity contribution in [3.63, 3.8) is 0 Å². The minimum atomic E-state index is -0.684. The summed E-state index contributed by atoms with van der Waals surface area (Å²) in [5.41, 5.74) is 6.93. The third kappa shape index (κ3) is 5.80. The quantitative estimate of drug-likeness (QED) is 0.285. The van der Waals surface area contributed by atoms with Gasteiger partial charge in [0.1, 0.15) is 5.56 Å². The molecule has 4 aromatic rings. The number of fused-ring (bicyclic) bond motifs is 1. The molecule has 9 nitrogen and oxygen atoms in total. The van der Waals surface area contributed by atoms with Crippen molar-refractivity contribution in [1.29, 1.82) is 0 Å². The van der Waals surface area contributed by atoms with Crippen LogP contribution in [0.1, 0.15) is 32.3 Å². The van der Waals surface area contributed by atoms with E-state index in [1.54, 1.807) is 6.07 Å². The minimum Gasteiger partial charge on any atom is -0.481 e. The van der Waals surface area contributed by atoms with Crippen LogP contribution < -0.4 is 26.7 Å². The van der Waals surface area contributed by atoms with Gasteiger partial charge in [0, 0.05) is 29.8 Å². The summed E-state index contributed by atoms with van der Waals surface area (Å²) in [6.45, 7) is 0.227. The summed E-state index contributed by atoms with van der Waals surface area (Å²) in [6, 6.07) is 9.00. The number of benzene rings is 1. The monoisotopic (exact) mass is 533 g/mol. The van der Waals surface area contributed by atoms with E-state index in [1.165, 1.54) is 48.9 Å². The molecule has 182 valence electrons. The van der Waals surface area contributed by atoms with Crippen LogP contribution in [0.25, 0.3) is 10.9 Å². The summed E-state index contributed by atoms with van der Waals surface area (Å²) in [6.07, 6.45) is 1.49. The van der Waals surface area contributed by atoms with E-state index in [1.807, 2.05) is 16.8 Å². The number of carbonyl (C=O) groups excluding carboxylic acids is 2. The summed E-state index contributed by atoms with van der Waals surface area (Å²) >= 11 is 7.75. The fraction of sp³-hybridized carbons (Fsp3) is 0.130. The number of rotatable bonds is 7. The molecule has 0 aliphatic carbocycles. The Balaban J connectivity index is 0.00000342. The molecule has 0 aliphatic rings. The van der Waals surface area contributed by atoms with Crippen molar-refractivity contribution >= 4 is 63.7 Å². The number of hydrogen-bond donors (Lipinski definition) is 4. The molecular weight excluding hydrogens is 513 g/mol. The number of hydrogen-bond acceptors (Lipinski definition) is 7. The second-order valence-electron chi connectivity index (χ2n) is 7.29. The third-order valence-corrected chi connectivity index (χ3v) is 6.15. The summed E-state index contributed by atoms with van der Waals surface area (Å²) in [7, 11) is 1.46. The third-order valence-electron chi connectivity index (χ3n) is 5.12. The summed E-state index contributed by atoms with van der Waals surface area (Å²) in [5.74, 6) is -0.730. The lowest BCUT2D eigenvalue weighted by atomic mass is 10.1. The van der Waals surface area contributed by atoms with Crippen molar-refractivity contribution in [3.8, 4) is 5.88 Å². The van der Waals surface area contributed by atoms with E-state index in [0.29, 0.717) is 16.8 Å². The van der Waals surface area contributed by atoms with Crippen LogP contribution in [-0.2, 0) is 0 Å². The molecule has 0 saturated heterocycles. The Kier molecular flexibility index (Phi) is 8.47. The van der Waals surface area contributed by atoms with Gasteiger partial charge in [0.25, 0.3) is 17.4 Å². The van der Waals surface area contributed by atoms with Gasteiger partial charge in [0.05, 0.1) is 29.4 Å². The van der Waals surface area contributed by atoms with E-state index in [4.69, 9.17) is 22.1 Å². The Hall–Kier alpha value is -3.44. The van der Waals surface area contributed by atoms with E-state index >= 15 is 0 Å². The zero-order valence-corrected chi connectivity index (χ0v) is 20.7. The Morgan fingerprint density at radius 2 is 2.03 bits per heavy atom. The molecule has 0 radical (unpaired) electrons. The van der Waals surface area contributed by atoms with E-state index in [0.717, 1.165) is 5.56 Å². The number of aromatic nitrogens is 2. The zero-order valence-electron chi connectivity index (χ0n) is 18.3. The smallest absolute Gasteiger partial charge is 0.261 e. The maximum absolute atomic E-state index is 12.9. The highest BCUT2D eigenvalue weighted by Gasteiger charge is 2.18. The number of nitrogens with zero attached hydrogens (tertiary/aromatic N) is 1. The first-order valence-electron chi connectivity index (χ1n) is 10.1. The van der Waals surface area contributed by atoms with Crippen molar-refractivity contribution in [1.82, 2.24) is 15.3 Å². The van der Waals surface area contributed by atoms with Crippen LogP contribution in [-0.4, -0.2) is 35.4 Å². The molecule has 0 saturated carbocycles. The minimum absolute atomic E-state index is 0. The van der Waals surface area contributed by atoms with Crippen LogP contribution >= 0.6 is 35.3 Å². The highest BCUT2D eigenvalue weighted by molar-refractivity contribution is 7.08. The molecule has 0 spiro atoms. The van der Waals surface area contributed by atoms with Gasteiger partial charge >= 0.3 is 0 Å². The van der Waals surface area contributed by atoms with Crippen LogP contribution in [0.15, 0.2) is 58.1 Å². The topological polar surface area (TPSA) is 139 Å². The largest absolute Gasteiger partial charge is 0.481 e. The molecule has 2 amide bonds. The highest BCUT2D eigenvalue weighted by Crippen LogP contribution is 2.25. The van der Waals surface area contributed by atoms with Crippen LogP contribution in [0.2, 0.25) is 5.02 Å². The Labute approximate surface area is 215 Å². The van der Waals surface area contributed by atoms with Crippen molar-refractivity contribution in [3.05, 3.63) is 85.4 Å². The second-order valence-corrected chi connectivity index (χ2v) is 8.48. The molecule has 5 N–H and O–H groups in total. The predicted molar refractivity (Wildman–Crippen MR) is 139 cm³/mol. The summed E-state index contributed by atoms with van der Waals surface area (Å²) in [5, 5.41) is 10.1. The van der Waals surface area contributed by atoms with Gasteiger partial charge < -0.3 is 26.1 Å². The van der Waals surface area contributed by atoms with Gasteiger partial charge in [-0.1, -0.05) is 11.6 Å². The molecule has 0 fully saturated rings. The number of methoxy groups -OCH3 is 1. The number of aromatic amines is 1. The summed E-state index contributed by atoms with van der Waals surface area (Å²) < 4.78 is 5.05. The van der Waals surface area contributed by atoms with Crippen LogP contribution in [0.5, 0.6) is 5.88 Å². The Bertz CT molecular complexity index is 1430. The normalized spacial score (nSPS) is 11.4. The van der Waals surface area contributed by atoms with Gasteiger partial charge in [-0.3, -0.25) is 14.4 Å². The average molecular weight is 534 g/mol. The number of thiophene rings is 1. The maximum Gasteiger partial charge on any atom is 0.261 e. The molecule has 1 aromatic carbocycles. The fourth-order valence-corrected chi connectivity index (χ4v) is 4.19. The molecule has 1 atom stereocenters. The Morgan fingerprint density at radius 1 is 1.23 bits per heavy atom. The van der Waals surface area contributed by atoms with E-state index in [2.05, 4.69) is 20.6 Å².